The number of hydrogen-bond donors (Lipinski definition) is 1. The van der Waals surface area contributed by atoms with Gasteiger partial charge in [-0.15, -0.1) is 11.3 Å². The van der Waals surface area contributed by atoms with Gasteiger partial charge in [-0.05, 0) is 30.4 Å². The molecule has 2 aromatic heterocycles. The molecule has 0 fully saturated rings. The summed E-state index contributed by atoms with van der Waals surface area (Å²) in [5, 5.41) is 5.49. The number of thiophene rings is 1. The Morgan fingerprint density at radius 2 is 2.25 bits per heavy atom. The highest BCUT2D eigenvalue weighted by atomic mass is 32.1. The van der Waals surface area contributed by atoms with Crippen LogP contribution in [0.5, 0.6) is 0 Å². The van der Waals surface area contributed by atoms with E-state index in [0.29, 0.717) is 0 Å². The summed E-state index contributed by atoms with van der Waals surface area (Å²) in [6.07, 6.45) is 1.98. The Balaban J connectivity index is 1.88. The maximum Gasteiger partial charge on any atom is 0.134 e. The van der Waals surface area contributed by atoms with Crippen molar-refractivity contribution in [2.45, 2.75) is 33.2 Å². The number of fused-ring (bicyclic) bond motifs is 1. The average molecular weight is 288 g/mol. The van der Waals surface area contributed by atoms with Gasteiger partial charge in [0.05, 0.1) is 0 Å². The molecule has 0 unspecified atom stereocenters. The van der Waals surface area contributed by atoms with Gasteiger partial charge in [0, 0.05) is 37.0 Å². The number of aromatic nitrogens is 2. The van der Waals surface area contributed by atoms with Gasteiger partial charge in [-0.2, -0.15) is 0 Å². The first-order valence-corrected chi connectivity index (χ1v) is 8.10. The Kier molecular flexibility index (Phi) is 3.87. The van der Waals surface area contributed by atoms with Crippen LogP contribution < -0.4 is 10.2 Å². The first-order valence-electron chi connectivity index (χ1n) is 7.22. The molecule has 0 radical (unpaired) electrons. The van der Waals surface area contributed by atoms with E-state index in [9.17, 15) is 0 Å². The third kappa shape index (κ3) is 2.63. The Bertz CT molecular complexity index is 593. The van der Waals surface area contributed by atoms with E-state index in [2.05, 4.69) is 46.6 Å². The van der Waals surface area contributed by atoms with Crippen LogP contribution in [0.1, 0.15) is 30.1 Å². The van der Waals surface area contributed by atoms with Crippen molar-refractivity contribution in [2.75, 3.05) is 23.3 Å². The standard InChI is InChI=1S/C15H20N4S/c1-3-13-17-14(16-4-2)9-15(18-13)19-7-5-12-11(10-19)6-8-20-12/h6,8-9H,3-5,7,10H2,1-2H3,(H,16,17,18). The lowest BCUT2D eigenvalue weighted by Crippen LogP contribution is -2.30. The molecule has 0 aromatic carbocycles. The molecule has 1 aliphatic rings. The summed E-state index contributed by atoms with van der Waals surface area (Å²) in [6, 6.07) is 4.30. The van der Waals surface area contributed by atoms with Crippen LogP contribution in [0.3, 0.4) is 0 Å². The van der Waals surface area contributed by atoms with E-state index >= 15 is 0 Å². The van der Waals surface area contributed by atoms with Gasteiger partial charge >= 0.3 is 0 Å². The van der Waals surface area contributed by atoms with E-state index in [4.69, 9.17) is 4.98 Å². The lowest BCUT2D eigenvalue weighted by Gasteiger charge is -2.28. The average Bonchev–Trinajstić information content (AvgIpc) is 2.94. The van der Waals surface area contributed by atoms with Gasteiger partial charge in [-0.3, -0.25) is 0 Å². The maximum atomic E-state index is 4.69. The highest BCUT2D eigenvalue weighted by Gasteiger charge is 2.19. The van der Waals surface area contributed by atoms with E-state index in [0.717, 1.165) is 49.9 Å². The molecule has 0 amide bonds. The molecule has 0 aliphatic carbocycles. The predicted molar refractivity (Wildman–Crippen MR) is 84.6 cm³/mol. The second kappa shape index (κ2) is 5.79. The van der Waals surface area contributed by atoms with Crippen LogP contribution in [0, 0.1) is 0 Å². The van der Waals surface area contributed by atoms with E-state index < -0.39 is 0 Å². The summed E-state index contributed by atoms with van der Waals surface area (Å²) in [5.41, 5.74) is 1.45. The van der Waals surface area contributed by atoms with Gasteiger partial charge in [-0.1, -0.05) is 6.92 Å². The molecule has 4 nitrogen and oxygen atoms in total. The summed E-state index contributed by atoms with van der Waals surface area (Å²) >= 11 is 1.87. The normalized spacial score (nSPS) is 14.2. The number of nitrogens with zero attached hydrogens (tertiary/aromatic N) is 3. The number of aryl methyl sites for hydroxylation is 1. The van der Waals surface area contributed by atoms with Gasteiger partial charge in [0.25, 0.3) is 0 Å². The van der Waals surface area contributed by atoms with Crippen molar-refractivity contribution in [3.8, 4) is 0 Å². The second-order valence-corrected chi connectivity index (χ2v) is 5.95. The van der Waals surface area contributed by atoms with Gasteiger partial charge < -0.3 is 10.2 Å². The molecular weight excluding hydrogens is 268 g/mol. The fourth-order valence-electron chi connectivity index (χ4n) is 2.52. The second-order valence-electron chi connectivity index (χ2n) is 4.95. The van der Waals surface area contributed by atoms with Gasteiger partial charge in [-0.25, -0.2) is 9.97 Å². The summed E-state index contributed by atoms with van der Waals surface area (Å²) in [4.78, 5) is 13.1. The fourth-order valence-corrected chi connectivity index (χ4v) is 3.41. The van der Waals surface area contributed by atoms with Crippen LogP contribution in [0.25, 0.3) is 0 Å². The summed E-state index contributed by atoms with van der Waals surface area (Å²) < 4.78 is 0. The van der Waals surface area contributed by atoms with Crippen LogP contribution in [0.4, 0.5) is 11.6 Å². The topological polar surface area (TPSA) is 41.0 Å². The number of rotatable bonds is 4. The molecule has 3 heterocycles. The lowest BCUT2D eigenvalue weighted by atomic mass is 10.1. The van der Waals surface area contributed by atoms with Crippen molar-refractivity contribution in [3.63, 3.8) is 0 Å². The summed E-state index contributed by atoms with van der Waals surface area (Å²) in [6.45, 7) is 7.08. The monoisotopic (exact) mass is 288 g/mol. The van der Waals surface area contributed by atoms with Crippen molar-refractivity contribution < 1.29 is 0 Å². The molecule has 1 aliphatic heterocycles. The summed E-state index contributed by atoms with van der Waals surface area (Å²) in [7, 11) is 0. The third-order valence-corrected chi connectivity index (χ3v) is 4.59. The molecule has 0 atom stereocenters. The zero-order valence-corrected chi connectivity index (χ0v) is 12.8. The maximum absolute atomic E-state index is 4.69. The lowest BCUT2D eigenvalue weighted by molar-refractivity contribution is 0.725. The Hall–Kier alpha value is -1.62. The molecule has 0 spiro atoms. The SMILES string of the molecule is CCNc1cc(N2CCc3sccc3C2)nc(CC)n1. The number of hydrogen-bond acceptors (Lipinski definition) is 5. The van der Waals surface area contributed by atoms with E-state index in [1.807, 2.05) is 11.3 Å². The van der Waals surface area contributed by atoms with Crippen LogP contribution in [0.2, 0.25) is 0 Å². The van der Waals surface area contributed by atoms with E-state index in [1.54, 1.807) is 0 Å². The highest BCUT2D eigenvalue weighted by molar-refractivity contribution is 7.10. The zero-order chi connectivity index (χ0) is 13.9. The molecule has 0 saturated carbocycles. The number of nitrogens with one attached hydrogen (secondary N) is 1. The summed E-state index contributed by atoms with van der Waals surface area (Å²) in [5.74, 6) is 2.89. The first kappa shape index (κ1) is 13.4. The smallest absolute Gasteiger partial charge is 0.134 e. The number of anilines is 2. The predicted octanol–water partition coefficient (Wildman–Crippen LogP) is 3.10. The minimum atomic E-state index is 0.865. The quantitative estimate of drug-likeness (QED) is 0.938. The van der Waals surface area contributed by atoms with Gasteiger partial charge in [0.2, 0.25) is 0 Å². The molecule has 20 heavy (non-hydrogen) atoms. The Labute approximate surface area is 123 Å². The van der Waals surface area contributed by atoms with Gasteiger partial charge in [0.1, 0.15) is 17.5 Å². The van der Waals surface area contributed by atoms with Crippen LogP contribution in [0.15, 0.2) is 17.5 Å². The minimum Gasteiger partial charge on any atom is -0.370 e. The highest BCUT2D eigenvalue weighted by Crippen LogP contribution is 2.27. The Morgan fingerprint density at radius 1 is 1.35 bits per heavy atom. The van der Waals surface area contributed by atoms with Crippen molar-refractivity contribution in [2.24, 2.45) is 0 Å². The van der Waals surface area contributed by atoms with Crippen molar-refractivity contribution >= 4 is 23.0 Å². The Morgan fingerprint density at radius 3 is 3.05 bits per heavy atom. The van der Waals surface area contributed by atoms with Crippen LogP contribution in [-0.4, -0.2) is 23.1 Å². The molecular formula is C15H20N4S. The molecule has 106 valence electrons. The molecule has 0 saturated heterocycles. The fraction of sp³-hybridized carbons (Fsp3) is 0.467. The van der Waals surface area contributed by atoms with Crippen LogP contribution in [-0.2, 0) is 19.4 Å². The first-order chi connectivity index (χ1) is 9.80. The molecule has 1 N–H and O–H groups in total. The third-order valence-electron chi connectivity index (χ3n) is 3.56. The van der Waals surface area contributed by atoms with Gasteiger partial charge in [0.15, 0.2) is 0 Å². The van der Waals surface area contributed by atoms with Crippen molar-refractivity contribution in [3.05, 3.63) is 33.8 Å². The largest absolute Gasteiger partial charge is 0.370 e. The molecule has 2 aromatic rings. The van der Waals surface area contributed by atoms with Crippen molar-refractivity contribution in [1.82, 2.24) is 9.97 Å². The van der Waals surface area contributed by atoms with E-state index in [1.165, 1.54) is 10.4 Å². The molecule has 0 bridgehead atoms. The molecule has 5 heteroatoms. The zero-order valence-electron chi connectivity index (χ0n) is 12.0. The minimum absolute atomic E-state index is 0.865. The van der Waals surface area contributed by atoms with Crippen molar-refractivity contribution in [1.29, 1.82) is 0 Å². The molecule has 3 rings (SSSR count). The van der Waals surface area contributed by atoms with E-state index in [-0.39, 0.29) is 0 Å². The van der Waals surface area contributed by atoms with Crippen LogP contribution >= 0.6 is 11.3 Å².